The largest absolute Gasteiger partial charge is 0.496 e. The lowest BCUT2D eigenvalue weighted by molar-refractivity contribution is -0.201. The fourth-order valence-corrected chi connectivity index (χ4v) is 13.3. The molecule has 2 saturated heterocycles. The second kappa shape index (κ2) is 12.1. The summed E-state index contributed by atoms with van der Waals surface area (Å²) in [7, 11) is 3.51. The van der Waals surface area contributed by atoms with Crippen molar-refractivity contribution >= 4 is 28.3 Å². The topological polar surface area (TPSA) is 156 Å². The second-order valence-corrected chi connectivity index (χ2v) is 18.1. The number of ether oxygens (including phenoxy) is 1. The number of hydrogen-bond donors (Lipinski definition) is 5. The molecule has 1 saturated carbocycles. The summed E-state index contributed by atoms with van der Waals surface area (Å²) < 4.78 is 6.35. The van der Waals surface area contributed by atoms with E-state index in [0.717, 1.165) is 57.6 Å². The molecule has 5 aliphatic heterocycles. The molecule has 1 aliphatic carbocycles. The monoisotopic (exact) mass is 751 g/mol. The molecular weight excluding hydrogens is 695 g/mol. The molecule has 3 fully saturated rings. The molecule has 1 spiro atoms. The number of rotatable bonds is 6. The molecule has 294 valence electrons. The number of nitrogens with two attached hydrogens (primary N) is 1. The van der Waals surface area contributed by atoms with E-state index >= 15 is 4.79 Å². The fourth-order valence-electron chi connectivity index (χ4n) is 13.3. The van der Waals surface area contributed by atoms with Crippen LogP contribution in [0.5, 0.6) is 5.75 Å². The Morgan fingerprint density at radius 1 is 1.05 bits per heavy atom. The summed E-state index contributed by atoms with van der Waals surface area (Å²) in [5, 5.41) is 38.0. The molecule has 1 aromatic heterocycles. The van der Waals surface area contributed by atoms with Crippen LogP contribution in [-0.4, -0.2) is 118 Å². The number of nitrogens with zero attached hydrogens (tertiary/aromatic N) is 3. The smallest absolute Gasteiger partial charge is 0.254 e. The van der Waals surface area contributed by atoms with Gasteiger partial charge < -0.3 is 35.7 Å². The van der Waals surface area contributed by atoms with Crippen molar-refractivity contribution in [1.29, 1.82) is 0 Å². The van der Waals surface area contributed by atoms with Crippen molar-refractivity contribution in [1.82, 2.24) is 14.8 Å². The maximum atomic E-state index is 15.1. The Labute approximate surface area is 323 Å². The van der Waals surface area contributed by atoms with E-state index in [-0.39, 0.29) is 17.7 Å². The molecule has 11 nitrogen and oxygen atoms in total. The SMILES string of the molecule is CC[C@]1(O)C[C@@H]2CN(CCc3c([nH]c4ccc(C)cc34)[C@@](C(C)=O)(c3cc4c(cc3OC)N(C)[C@H]3[C@@](O)(C(N)=O)[C@H](O)[C@]5(CC)C=CCN6CC[C@]43[C@@H]65)C2)C1. The quantitative estimate of drug-likeness (QED) is 0.238. The Morgan fingerprint density at radius 3 is 2.53 bits per heavy atom. The highest BCUT2D eigenvalue weighted by atomic mass is 16.5. The molecule has 0 radical (unpaired) electrons. The summed E-state index contributed by atoms with van der Waals surface area (Å²) in [5.41, 5.74) is 6.64. The average Bonchev–Trinajstić information content (AvgIpc) is 3.81. The molecule has 55 heavy (non-hydrogen) atoms. The Bertz CT molecular complexity index is 2150. The van der Waals surface area contributed by atoms with Crippen molar-refractivity contribution in [3.8, 4) is 5.75 Å². The number of primary amides is 1. The standard InChI is InChI=1S/C44H57N5O6/c1-7-40(53)21-27-22-43(26(4)50,35-28(12-16-48(23-27)24-40)29-18-25(3)10-11-32(29)46-35)31-19-30-33(20-34(31)55-6)47(5)37-42(30)14-17-49-15-9-13-41(8-2,36(42)49)38(51)44(37,54)39(45)52/h9-11,13,18-20,27,36-38,46,51,53-54H,7-8,12,14-17,21-24H2,1-6H3,(H2,45,52)/t27-,36-,37+,38+,40-,41+,42+,43-,44-/m0/s1. The summed E-state index contributed by atoms with van der Waals surface area (Å²) in [4.78, 5) is 39.3. The number of aryl methyl sites for hydroxylation is 1. The molecule has 2 bridgehead atoms. The predicted octanol–water partition coefficient (Wildman–Crippen LogP) is 3.46. The number of anilines is 1. The number of carbonyl (C=O) groups is 2. The molecule has 6 N–H and O–H groups in total. The summed E-state index contributed by atoms with van der Waals surface area (Å²) >= 11 is 0. The third kappa shape index (κ3) is 4.56. The number of aromatic amines is 1. The Kier molecular flexibility index (Phi) is 8.13. The van der Waals surface area contributed by atoms with Crippen LogP contribution in [0.2, 0.25) is 0 Å². The number of H-pyrrole nitrogens is 1. The van der Waals surface area contributed by atoms with Gasteiger partial charge in [-0.1, -0.05) is 37.6 Å². The van der Waals surface area contributed by atoms with Crippen LogP contribution in [0.4, 0.5) is 5.69 Å². The van der Waals surface area contributed by atoms with Crippen molar-refractivity contribution in [2.24, 2.45) is 17.1 Å². The van der Waals surface area contributed by atoms with Gasteiger partial charge in [-0.05, 0) is 94.2 Å². The van der Waals surface area contributed by atoms with Crippen LogP contribution >= 0.6 is 0 Å². The van der Waals surface area contributed by atoms with Crippen LogP contribution in [0, 0.1) is 18.3 Å². The van der Waals surface area contributed by atoms with Crippen molar-refractivity contribution in [3.63, 3.8) is 0 Å². The Hall–Kier alpha value is -3.74. The van der Waals surface area contributed by atoms with Crippen LogP contribution in [0.15, 0.2) is 42.5 Å². The Balaban J connectivity index is 1.36. The van der Waals surface area contributed by atoms with Crippen LogP contribution in [0.1, 0.15) is 80.8 Å². The van der Waals surface area contributed by atoms with E-state index in [1.54, 1.807) is 14.0 Å². The van der Waals surface area contributed by atoms with Crippen molar-refractivity contribution in [3.05, 3.63) is 70.4 Å². The second-order valence-electron chi connectivity index (χ2n) is 18.1. The minimum atomic E-state index is -2.28. The van der Waals surface area contributed by atoms with E-state index < -0.39 is 45.5 Å². The number of hydrogen-bond acceptors (Lipinski definition) is 9. The van der Waals surface area contributed by atoms with Gasteiger partial charge in [-0.2, -0.15) is 0 Å². The molecule has 11 heteroatoms. The summed E-state index contributed by atoms with van der Waals surface area (Å²) in [6, 6.07) is 9.46. The van der Waals surface area contributed by atoms with Gasteiger partial charge in [0.15, 0.2) is 5.60 Å². The van der Waals surface area contributed by atoms with Crippen molar-refractivity contribution in [2.75, 3.05) is 51.8 Å². The number of amides is 1. The molecule has 6 aliphatic rings. The number of benzene rings is 2. The van der Waals surface area contributed by atoms with Gasteiger partial charge >= 0.3 is 0 Å². The van der Waals surface area contributed by atoms with Crippen LogP contribution in [0.25, 0.3) is 10.9 Å². The van der Waals surface area contributed by atoms with Crippen molar-refractivity contribution in [2.45, 2.75) is 106 Å². The van der Waals surface area contributed by atoms with E-state index in [0.29, 0.717) is 63.9 Å². The van der Waals surface area contributed by atoms with Crippen LogP contribution < -0.4 is 15.4 Å². The summed E-state index contributed by atoms with van der Waals surface area (Å²) in [6.45, 7) is 11.4. The maximum absolute atomic E-state index is 15.1. The molecule has 6 heterocycles. The maximum Gasteiger partial charge on any atom is 0.254 e. The number of aliphatic hydroxyl groups is 3. The minimum absolute atomic E-state index is 0.00350. The zero-order valence-electron chi connectivity index (χ0n) is 33.1. The number of likely N-dealkylation sites (N-methyl/N-ethyl adjacent to an activating group) is 1. The summed E-state index contributed by atoms with van der Waals surface area (Å²) in [6.07, 6.45) is 6.12. The predicted molar refractivity (Wildman–Crippen MR) is 211 cm³/mol. The number of Topliss-reactive ketones (excluding diaryl/α,β-unsaturated/α-hetero) is 1. The van der Waals surface area contributed by atoms with Gasteiger partial charge in [0.25, 0.3) is 5.91 Å². The number of piperidine rings is 1. The van der Waals surface area contributed by atoms with Gasteiger partial charge in [-0.25, -0.2) is 0 Å². The highest BCUT2D eigenvalue weighted by Crippen LogP contribution is 2.67. The van der Waals surface area contributed by atoms with Gasteiger partial charge in [0.2, 0.25) is 0 Å². The molecule has 2 aromatic carbocycles. The van der Waals surface area contributed by atoms with E-state index in [1.165, 1.54) is 0 Å². The van der Waals surface area contributed by atoms with Gasteiger partial charge in [0.1, 0.15) is 17.6 Å². The zero-order valence-corrected chi connectivity index (χ0v) is 33.1. The number of aromatic nitrogens is 1. The number of ketones is 1. The van der Waals surface area contributed by atoms with Gasteiger partial charge in [0, 0.05) is 84.0 Å². The first-order valence-corrected chi connectivity index (χ1v) is 20.3. The van der Waals surface area contributed by atoms with E-state index in [2.05, 4.69) is 52.0 Å². The first kappa shape index (κ1) is 36.9. The number of fused-ring (bicyclic) bond motifs is 6. The van der Waals surface area contributed by atoms with Crippen LogP contribution in [0.3, 0.4) is 0 Å². The fraction of sp³-hybridized carbons (Fsp3) is 0.591. The highest BCUT2D eigenvalue weighted by Gasteiger charge is 2.78. The van der Waals surface area contributed by atoms with Gasteiger partial charge in [-0.15, -0.1) is 0 Å². The molecule has 1 unspecified atom stereocenters. The normalized spacial score (nSPS) is 39.1. The molecule has 9 rings (SSSR count). The average molecular weight is 752 g/mol. The number of aliphatic hydroxyl groups excluding tert-OH is 1. The van der Waals surface area contributed by atoms with E-state index in [4.69, 9.17) is 10.5 Å². The van der Waals surface area contributed by atoms with Crippen molar-refractivity contribution < 1.29 is 29.6 Å². The lowest BCUT2D eigenvalue weighted by Gasteiger charge is -2.63. The van der Waals surface area contributed by atoms with Gasteiger partial charge in [-0.3, -0.25) is 19.4 Å². The first-order chi connectivity index (χ1) is 26.1. The number of carbonyl (C=O) groups excluding carboxylic acids is 2. The number of nitrogens with one attached hydrogen (secondary N) is 1. The highest BCUT2D eigenvalue weighted by molar-refractivity contribution is 5.97. The van der Waals surface area contributed by atoms with Gasteiger partial charge in [0.05, 0.1) is 24.2 Å². The molecular formula is C44H57N5O6. The summed E-state index contributed by atoms with van der Waals surface area (Å²) in [5.74, 6) is -0.424. The molecule has 1 amide bonds. The Morgan fingerprint density at radius 2 is 1.84 bits per heavy atom. The number of methoxy groups -OCH3 is 1. The van der Waals surface area contributed by atoms with E-state index in [9.17, 15) is 20.1 Å². The molecule has 10 atom stereocenters. The zero-order chi connectivity index (χ0) is 39.0. The lowest BCUT2D eigenvalue weighted by Crippen LogP contribution is -2.81. The lowest BCUT2D eigenvalue weighted by atomic mass is 9.47. The third-order valence-electron chi connectivity index (χ3n) is 15.6. The first-order valence-electron chi connectivity index (χ1n) is 20.3. The molecule has 3 aromatic rings. The van der Waals surface area contributed by atoms with Crippen LogP contribution in [-0.2, 0) is 26.8 Å². The van der Waals surface area contributed by atoms with E-state index in [1.807, 2.05) is 37.9 Å². The minimum Gasteiger partial charge on any atom is -0.496 e. The third-order valence-corrected chi connectivity index (χ3v) is 15.6.